The summed E-state index contributed by atoms with van der Waals surface area (Å²) in [4.78, 5) is 11.0. The van der Waals surface area contributed by atoms with Crippen LogP contribution in [0, 0.1) is 0 Å². The highest BCUT2D eigenvalue weighted by atomic mass is 16.1. The van der Waals surface area contributed by atoms with E-state index >= 15 is 0 Å². The van der Waals surface area contributed by atoms with Crippen LogP contribution >= 0.6 is 0 Å². The zero-order valence-electron chi connectivity index (χ0n) is 8.76. The summed E-state index contributed by atoms with van der Waals surface area (Å²) < 4.78 is 0. The van der Waals surface area contributed by atoms with Gasteiger partial charge in [-0.15, -0.1) is 0 Å². The van der Waals surface area contributed by atoms with Gasteiger partial charge < -0.3 is 11.1 Å². The molecule has 0 spiro atoms. The lowest BCUT2D eigenvalue weighted by molar-refractivity contribution is -0.117. The van der Waals surface area contributed by atoms with Crippen molar-refractivity contribution in [1.82, 2.24) is 5.32 Å². The second-order valence-electron chi connectivity index (χ2n) is 3.37. The van der Waals surface area contributed by atoms with Crippen LogP contribution in [-0.2, 0) is 4.79 Å². The van der Waals surface area contributed by atoms with Crippen molar-refractivity contribution < 1.29 is 4.79 Å². The van der Waals surface area contributed by atoms with Crippen molar-refractivity contribution >= 4 is 5.91 Å². The Morgan fingerprint density at radius 1 is 1.62 bits per heavy atom. The van der Waals surface area contributed by atoms with Crippen molar-refractivity contribution in [3.8, 4) is 0 Å². The van der Waals surface area contributed by atoms with Gasteiger partial charge in [0.05, 0.1) is 0 Å². The Hall–Kier alpha value is -0.830. The fourth-order valence-corrected chi connectivity index (χ4v) is 1.28. The van der Waals surface area contributed by atoms with Gasteiger partial charge in [-0.2, -0.15) is 0 Å². The van der Waals surface area contributed by atoms with Crippen molar-refractivity contribution in [3.05, 3.63) is 12.7 Å². The van der Waals surface area contributed by atoms with Crippen LogP contribution in [0.4, 0.5) is 0 Å². The van der Waals surface area contributed by atoms with E-state index in [0.29, 0.717) is 0 Å². The first-order valence-corrected chi connectivity index (χ1v) is 4.72. The summed E-state index contributed by atoms with van der Waals surface area (Å²) in [7, 11) is 0. The highest BCUT2D eigenvalue weighted by Gasteiger charge is 2.28. The molecule has 0 aliphatic rings. The molecule has 0 aromatic carbocycles. The molecule has 3 heteroatoms. The summed E-state index contributed by atoms with van der Waals surface area (Å²) in [6, 6.07) is -0.0204. The molecule has 1 atom stereocenters. The molecule has 0 aliphatic carbocycles. The smallest absolute Gasteiger partial charge is 0.243 e. The standard InChI is InChI=1S/C10H20N2O/c1-5-9(13)12-8(4)10(11,6-2)7-3/h5,8H,1,6-7,11H2,2-4H3,(H,12,13). The van der Waals surface area contributed by atoms with Crippen molar-refractivity contribution in [2.24, 2.45) is 5.73 Å². The first-order chi connectivity index (χ1) is 6.00. The van der Waals surface area contributed by atoms with E-state index in [2.05, 4.69) is 11.9 Å². The molecule has 0 heterocycles. The van der Waals surface area contributed by atoms with Crippen LogP contribution in [0.1, 0.15) is 33.6 Å². The first-order valence-electron chi connectivity index (χ1n) is 4.72. The Morgan fingerprint density at radius 3 is 2.38 bits per heavy atom. The van der Waals surface area contributed by atoms with E-state index in [1.165, 1.54) is 6.08 Å². The van der Waals surface area contributed by atoms with Crippen LogP contribution in [0.5, 0.6) is 0 Å². The summed E-state index contributed by atoms with van der Waals surface area (Å²) >= 11 is 0. The summed E-state index contributed by atoms with van der Waals surface area (Å²) in [5.41, 5.74) is 5.79. The molecule has 3 nitrogen and oxygen atoms in total. The second kappa shape index (κ2) is 5.02. The molecule has 0 aromatic rings. The largest absolute Gasteiger partial charge is 0.348 e. The molecule has 0 bridgehead atoms. The van der Waals surface area contributed by atoms with Crippen LogP contribution in [0.15, 0.2) is 12.7 Å². The maximum atomic E-state index is 11.0. The summed E-state index contributed by atoms with van der Waals surface area (Å²) in [5, 5.41) is 2.79. The van der Waals surface area contributed by atoms with E-state index in [0.717, 1.165) is 12.8 Å². The maximum Gasteiger partial charge on any atom is 0.243 e. The van der Waals surface area contributed by atoms with Crippen molar-refractivity contribution in [3.63, 3.8) is 0 Å². The highest BCUT2D eigenvalue weighted by Crippen LogP contribution is 2.15. The predicted molar refractivity (Wildman–Crippen MR) is 55.3 cm³/mol. The van der Waals surface area contributed by atoms with Gasteiger partial charge in [0.15, 0.2) is 0 Å². The van der Waals surface area contributed by atoms with Gasteiger partial charge in [0.1, 0.15) is 0 Å². The van der Waals surface area contributed by atoms with E-state index in [1.54, 1.807) is 0 Å². The van der Waals surface area contributed by atoms with Gasteiger partial charge in [-0.25, -0.2) is 0 Å². The quantitative estimate of drug-likeness (QED) is 0.631. The van der Waals surface area contributed by atoms with E-state index in [9.17, 15) is 4.79 Å². The number of amides is 1. The lowest BCUT2D eigenvalue weighted by atomic mass is 9.86. The van der Waals surface area contributed by atoms with Crippen molar-refractivity contribution in [2.75, 3.05) is 0 Å². The summed E-state index contributed by atoms with van der Waals surface area (Å²) in [5.74, 6) is -0.163. The molecule has 76 valence electrons. The molecule has 0 rings (SSSR count). The van der Waals surface area contributed by atoms with Crippen molar-refractivity contribution in [2.45, 2.75) is 45.2 Å². The van der Waals surface area contributed by atoms with Gasteiger partial charge in [-0.3, -0.25) is 4.79 Å². The molecule has 0 saturated carbocycles. The Kier molecular flexibility index (Phi) is 4.70. The summed E-state index contributed by atoms with van der Waals surface area (Å²) in [6.45, 7) is 9.38. The third-order valence-corrected chi connectivity index (χ3v) is 2.72. The van der Waals surface area contributed by atoms with Crippen LogP contribution in [0.2, 0.25) is 0 Å². The van der Waals surface area contributed by atoms with Crippen molar-refractivity contribution in [1.29, 1.82) is 0 Å². The zero-order valence-corrected chi connectivity index (χ0v) is 8.76. The number of carbonyl (C=O) groups excluding carboxylic acids is 1. The predicted octanol–water partition coefficient (Wildman–Crippen LogP) is 1.19. The molecule has 0 aromatic heterocycles. The lowest BCUT2D eigenvalue weighted by Crippen LogP contribution is -2.56. The van der Waals surface area contributed by atoms with Crippen LogP contribution in [-0.4, -0.2) is 17.5 Å². The minimum absolute atomic E-state index is 0.0204. The van der Waals surface area contributed by atoms with Crippen LogP contribution < -0.4 is 11.1 Å². The Labute approximate surface area is 80.4 Å². The average molecular weight is 184 g/mol. The fourth-order valence-electron chi connectivity index (χ4n) is 1.28. The molecule has 0 fully saturated rings. The number of nitrogens with one attached hydrogen (secondary N) is 1. The Balaban J connectivity index is 4.29. The zero-order chi connectivity index (χ0) is 10.5. The van der Waals surface area contributed by atoms with Gasteiger partial charge in [0.25, 0.3) is 0 Å². The van der Waals surface area contributed by atoms with Crippen LogP contribution in [0.25, 0.3) is 0 Å². The molecular formula is C10H20N2O. The number of hydrogen-bond donors (Lipinski definition) is 2. The number of hydrogen-bond acceptors (Lipinski definition) is 2. The van der Waals surface area contributed by atoms with E-state index in [-0.39, 0.29) is 17.5 Å². The van der Waals surface area contributed by atoms with Crippen LogP contribution in [0.3, 0.4) is 0 Å². The number of rotatable bonds is 5. The van der Waals surface area contributed by atoms with E-state index in [1.807, 2.05) is 20.8 Å². The van der Waals surface area contributed by atoms with Gasteiger partial charge in [-0.05, 0) is 25.8 Å². The molecule has 1 amide bonds. The maximum absolute atomic E-state index is 11.0. The minimum atomic E-state index is -0.307. The molecule has 1 unspecified atom stereocenters. The highest BCUT2D eigenvalue weighted by molar-refractivity contribution is 5.87. The number of nitrogens with two attached hydrogens (primary N) is 1. The van der Waals surface area contributed by atoms with E-state index in [4.69, 9.17) is 5.73 Å². The van der Waals surface area contributed by atoms with Gasteiger partial charge in [0.2, 0.25) is 5.91 Å². The minimum Gasteiger partial charge on any atom is -0.348 e. The Bertz CT molecular complexity index is 185. The SMILES string of the molecule is C=CC(=O)NC(C)C(N)(CC)CC. The molecule has 3 N–H and O–H groups in total. The molecule has 0 saturated heterocycles. The molecular weight excluding hydrogens is 164 g/mol. The monoisotopic (exact) mass is 184 g/mol. The molecule has 0 radical (unpaired) electrons. The summed E-state index contributed by atoms with van der Waals surface area (Å²) in [6.07, 6.45) is 2.96. The molecule has 13 heavy (non-hydrogen) atoms. The average Bonchev–Trinajstić information content (AvgIpc) is 2.16. The van der Waals surface area contributed by atoms with Gasteiger partial charge in [-0.1, -0.05) is 20.4 Å². The first kappa shape index (κ1) is 12.2. The molecule has 0 aliphatic heterocycles. The normalized spacial score (nSPS) is 13.5. The number of carbonyl (C=O) groups is 1. The third-order valence-electron chi connectivity index (χ3n) is 2.72. The topological polar surface area (TPSA) is 55.1 Å². The third kappa shape index (κ3) is 3.19. The second-order valence-corrected chi connectivity index (χ2v) is 3.37. The lowest BCUT2D eigenvalue weighted by Gasteiger charge is -2.33. The Morgan fingerprint density at radius 2 is 2.08 bits per heavy atom. The van der Waals surface area contributed by atoms with Gasteiger partial charge >= 0.3 is 0 Å². The fraction of sp³-hybridized carbons (Fsp3) is 0.700. The van der Waals surface area contributed by atoms with Gasteiger partial charge in [0, 0.05) is 11.6 Å². The van der Waals surface area contributed by atoms with E-state index < -0.39 is 0 Å².